The van der Waals surface area contributed by atoms with Gasteiger partial charge in [0, 0.05) is 18.0 Å². The second kappa shape index (κ2) is 4.71. The van der Waals surface area contributed by atoms with E-state index in [0.29, 0.717) is 5.92 Å². The Hall–Kier alpha value is -0.960. The van der Waals surface area contributed by atoms with Gasteiger partial charge in [-0.05, 0) is 30.5 Å². The second-order valence-corrected chi connectivity index (χ2v) is 5.07. The summed E-state index contributed by atoms with van der Waals surface area (Å²) in [5.41, 5.74) is 2.41. The first-order valence-electron chi connectivity index (χ1n) is 5.25. The predicted molar refractivity (Wildman–Crippen MR) is 68.7 cm³/mol. The maximum atomic E-state index is 4.50. The number of amidine groups is 1. The number of aliphatic imine (C=N–C) groups is 1. The van der Waals surface area contributed by atoms with Gasteiger partial charge in [-0.2, -0.15) is 0 Å². The normalized spacial score (nSPS) is 20.9. The van der Waals surface area contributed by atoms with Crippen LogP contribution in [0.25, 0.3) is 0 Å². The van der Waals surface area contributed by atoms with Gasteiger partial charge in [-0.3, -0.25) is 4.99 Å². The van der Waals surface area contributed by atoms with Crippen LogP contribution in [0.5, 0.6) is 0 Å². The molecule has 1 aliphatic rings. The molecular weight excluding hydrogens is 204 g/mol. The van der Waals surface area contributed by atoms with E-state index in [1.54, 1.807) is 0 Å². The van der Waals surface area contributed by atoms with Crippen molar-refractivity contribution in [1.82, 2.24) is 0 Å². The van der Waals surface area contributed by atoms with E-state index in [1.807, 2.05) is 11.8 Å². The summed E-state index contributed by atoms with van der Waals surface area (Å²) in [6.45, 7) is 5.28. The van der Waals surface area contributed by atoms with Gasteiger partial charge >= 0.3 is 0 Å². The molecular formula is C12H16N2S. The van der Waals surface area contributed by atoms with Crippen LogP contribution in [0.3, 0.4) is 0 Å². The minimum absolute atomic E-state index is 0.707. The van der Waals surface area contributed by atoms with Crippen LogP contribution in [0.2, 0.25) is 0 Å². The first-order valence-corrected chi connectivity index (χ1v) is 6.23. The number of hydrogen-bond acceptors (Lipinski definition) is 3. The van der Waals surface area contributed by atoms with Gasteiger partial charge in [-0.1, -0.05) is 30.8 Å². The van der Waals surface area contributed by atoms with Crippen LogP contribution in [-0.4, -0.2) is 17.5 Å². The van der Waals surface area contributed by atoms with Gasteiger partial charge in [0.2, 0.25) is 0 Å². The third kappa shape index (κ3) is 2.99. The third-order valence-corrected chi connectivity index (χ3v) is 3.56. The first kappa shape index (κ1) is 10.6. The number of hydrogen-bond donors (Lipinski definition) is 1. The largest absolute Gasteiger partial charge is 0.335 e. The molecule has 1 heterocycles. The summed E-state index contributed by atoms with van der Waals surface area (Å²) in [7, 11) is 0. The van der Waals surface area contributed by atoms with Crippen molar-refractivity contribution in [3.8, 4) is 0 Å². The fraction of sp³-hybridized carbons (Fsp3) is 0.417. The van der Waals surface area contributed by atoms with Crippen molar-refractivity contribution < 1.29 is 0 Å². The van der Waals surface area contributed by atoms with E-state index in [1.165, 1.54) is 5.56 Å². The van der Waals surface area contributed by atoms with Gasteiger partial charge in [-0.25, -0.2) is 0 Å². The molecule has 0 saturated heterocycles. The Labute approximate surface area is 95.2 Å². The van der Waals surface area contributed by atoms with Gasteiger partial charge < -0.3 is 5.32 Å². The lowest BCUT2D eigenvalue weighted by Crippen LogP contribution is -2.18. The van der Waals surface area contributed by atoms with Crippen LogP contribution < -0.4 is 5.32 Å². The molecule has 1 atom stereocenters. The van der Waals surface area contributed by atoms with E-state index in [4.69, 9.17) is 0 Å². The fourth-order valence-electron chi connectivity index (χ4n) is 1.48. The maximum Gasteiger partial charge on any atom is 0.161 e. The van der Waals surface area contributed by atoms with Crippen molar-refractivity contribution in [3.05, 3.63) is 29.8 Å². The van der Waals surface area contributed by atoms with Crippen molar-refractivity contribution in [2.24, 2.45) is 10.9 Å². The number of aryl methyl sites for hydroxylation is 1. The molecule has 1 N–H and O–H groups in total. The minimum atomic E-state index is 0.707. The lowest BCUT2D eigenvalue weighted by atomic mass is 10.2. The number of nitrogens with one attached hydrogen (secondary N) is 1. The lowest BCUT2D eigenvalue weighted by molar-refractivity contribution is 0.674. The van der Waals surface area contributed by atoms with Crippen molar-refractivity contribution in [3.63, 3.8) is 0 Å². The van der Waals surface area contributed by atoms with E-state index in [-0.39, 0.29) is 0 Å². The molecule has 1 aromatic carbocycles. The molecule has 0 bridgehead atoms. The van der Waals surface area contributed by atoms with Crippen LogP contribution in [0.15, 0.2) is 29.3 Å². The topological polar surface area (TPSA) is 24.4 Å². The highest BCUT2D eigenvalue weighted by atomic mass is 32.2. The van der Waals surface area contributed by atoms with E-state index < -0.39 is 0 Å². The Kier molecular flexibility index (Phi) is 3.31. The molecule has 0 aliphatic carbocycles. The van der Waals surface area contributed by atoms with Gasteiger partial charge in [-0.15, -0.1) is 0 Å². The molecule has 80 valence electrons. The molecule has 15 heavy (non-hydrogen) atoms. The van der Waals surface area contributed by atoms with Gasteiger partial charge in [0.05, 0.1) is 0 Å². The number of nitrogens with zero attached hydrogens (tertiary/aromatic N) is 1. The quantitative estimate of drug-likeness (QED) is 0.786. The SMILES string of the molecule is Cc1cccc(NC2=NCC(C)CS2)c1. The Bertz CT molecular complexity index is 374. The van der Waals surface area contributed by atoms with E-state index in [9.17, 15) is 0 Å². The molecule has 0 spiro atoms. The molecule has 1 unspecified atom stereocenters. The van der Waals surface area contributed by atoms with Crippen molar-refractivity contribution in [2.75, 3.05) is 17.6 Å². The van der Waals surface area contributed by atoms with Crippen LogP contribution >= 0.6 is 11.8 Å². The maximum absolute atomic E-state index is 4.50. The predicted octanol–water partition coefficient (Wildman–Crippen LogP) is 3.15. The highest BCUT2D eigenvalue weighted by Gasteiger charge is 2.11. The van der Waals surface area contributed by atoms with Gasteiger partial charge in [0.15, 0.2) is 5.17 Å². The van der Waals surface area contributed by atoms with E-state index in [2.05, 4.69) is 48.4 Å². The number of anilines is 1. The Morgan fingerprint density at radius 3 is 3.00 bits per heavy atom. The summed E-state index contributed by atoms with van der Waals surface area (Å²) in [5, 5.41) is 4.41. The highest BCUT2D eigenvalue weighted by Crippen LogP contribution is 2.19. The van der Waals surface area contributed by atoms with Gasteiger partial charge in [0.1, 0.15) is 0 Å². The smallest absolute Gasteiger partial charge is 0.161 e. The van der Waals surface area contributed by atoms with Crippen molar-refractivity contribution >= 4 is 22.6 Å². The molecule has 0 saturated carbocycles. The van der Waals surface area contributed by atoms with Crippen molar-refractivity contribution in [2.45, 2.75) is 13.8 Å². The molecule has 0 fully saturated rings. The van der Waals surface area contributed by atoms with Gasteiger partial charge in [0.25, 0.3) is 0 Å². The first-order chi connectivity index (χ1) is 7.24. The summed E-state index contributed by atoms with van der Waals surface area (Å²) < 4.78 is 0. The lowest BCUT2D eigenvalue weighted by Gasteiger charge is -2.17. The number of thioether (sulfide) groups is 1. The van der Waals surface area contributed by atoms with Crippen LogP contribution in [0.4, 0.5) is 5.69 Å². The monoisotopic (exact) mass is 220 g/mol. The number of rotatable bonds is 1. The average Bonchev–Trinajstić information content (AvgIpc) is 2.22. The van der Waals surface area contributed by atoms with E-state index in [0.717, 1.165) is 23.2 Å². The van der Waals surface area contributed by atoms with Crippen LogP contribution in [0.1, 0.15) is 12.5 Å². The molecule has 0 aromatic heterocycles. The molecule has 0 radical (unpaired) electrons. The molecule has 2 rings (SSSR count). The van der Waals surface area contributed by atoms with Crippen LogP contribution in [-0.2, 0) is 0 Å². The zero-order chi connectivity index (χ0) is 10.7. The Morgan fingerprint density at radius 1 is 1.47 bits per heavy atom. The Morgan fingerprint density at radius 2 is 2.33 bits per heavy atom. The number of benzene rings is 1. The average molecular weight is 220 g/mol. The standard InChI is InChI=1S/C12H16N2S/c1-9-4-3-5-11(6-9)14-12-13-7-10(2)8-15-12/h3-6,10H,7-8H2,1-2H3,(H,13,14). The molecule has 1 aromatic rings. The zero-order valence-corrected chi connectivity index (χ0v) is 9.97. The molecule has 0 amide bonds. The molecule has 3 heteroatoms. The van der Waals surface area contributed by atoms with Crippen molar-refractivity contribution in [1.29, 1.82) is 0 Å². The third-order valence-electron chi connectivity index (χ3n) is 2.32. The summed E-state index contributed by atoms with van der Waals surface area (Å²) in [5.74, 6) is 1.87. The highest BCUT2D eigenvalue weighted by molar-refractivity contribution is 8.14. The second-order valence-electron chi connectivity index (χ2n) is 4.06. The summed E-state index contributed by atoms with van der Waals surface area (Å²) in [4.78, 5) is 4.50. The Balaban J connectivity index is 2.03. The molecule has 1 aliphatic heterocycles. The van der Waals surface area contributed by atoms with Crippen LogP contribution in [0, 0.1) is 12.8 Å². The van der Waals surface area contributed by atoms with E-state index >= 15 is 0 Å². The zero-order valence-electron chi connectivity index (χ0n) is 9.16. The summed E-state index contributed by atoms with van der Waals surface area (Å²) in [6.07, 6.45) is 0. The molecule has 2 nitrogen and oxygen atoms in total. The summed E-state index contributed by atoms with van der Waals surface area (Å²) in [6, 6.07) is 8.38. The fourth-order valence-corrected chi connectivity index (χ4v) is 2.38. The summed E-state index contributed by atoms with van der Waals surface area (Å²) >= 11 is 1.81. The minimum Gasteiger partial charge on any atom is -0.335 e.